The molecule has 116 valence electrons. The lowest BCUT2D eigenvalue weighted by atomic mass is 10.0. The second-order valence-electron chi connectivity index (χ2n) is 6.26. The molecule has 1 aromatic rings. The van der Waals surface area contributed by atoms with Crippen LogP contribution in [-0.4, -0.2) is 55.4 Å². The van der Waals surface area contributed by atoms with Crippen LogP contribution in [0.25, 0.3) is 0 Å². The van der Waals surface area contributed by atoms with E-state index in [1.165, 1.54) is 18.4 Å². The number of nitrogens with zero attached hydrogens (tertiary/aromatic N) is 2. The van der Waals surface area contributed by atoms with Gasteiger partial charge in [-0.1, -0.05) is 0 Å². The molecule has 0 N–H and O–H groups in total. The van der Waals surface area contributed by atoms with E-state index in [-0.39, 0.29) is 0 Å². The molecule has 0 unspecified atom stereocenters. The summed E-state index contributed by atoms with van der Waals surface area (Å²) in [7, 11) is 1.77. The summed E-state index contributed by atoms with van der Waals surface area (Å²) in [5, 5.41) is 0. The highest BCUT2D eigenvalue weighted by atomic mass is 16.5. The molecule has 0 bridgehead atoms. The monoisotopic (exact) mass is 290 g/mol. The highest BCUT2D eigenvalue weighted by Gasteiger charge is 2.35. The lowest BCUT2D eigenvalue weighted by Gasteiger charge is -2.28. The van der Waals surface area contributed by atoms with Gasteiger partial charge >= 0.3 is 0 Å². The lowest BCUT2D eigenvalue weighted by molar-refractivity contribution is 0.0172. The molecule has 4 heteroatoms. The van der Waals surface area contributed by atoms with Crippen LogP contribution in [0.1, 0.15) is 24.8 Å². The third kappa shape index (κ3) is 4.25. The Kier molecular flexibility index (Phi) is 5.22. The zero-order valence-corrected chi connectivity index (χ0v) is 12.9. The van der Waals surface area contributed by atoms with Crippen molar-refractivity contribution in [3.05, 3.63) is 30.1 Å². The average Bonchev–Trinajstić information content (AvgIpc) is 3.27. The van der Waals surface area contributed by atoms with Crippen LogP contribution in [0.5, 0.6) is 0 Å². The summed E-state index contributed by atoms with van der Waals surface area (Å²) in [6.45, 7) is 3.86. The fourth-order valence-corrected chi connectivity index (χ4v) is 3.13. The molecule has 1 saturated heterocycles. The Morgan fingerprint density at radius 2 is 2.05 bits per heavy atom. The fraction of sp³-hybridized carbons (Fsp3) is 0.706. The van der Waals surface area contributed by atoms with Crippen LogP contribution in [0, 0.1) is 5.92 Å². The molecule has 0 radical (unpaired) electrons. The van der Waals surface area contributed by atoms with E-state index in [4.69, 9.17) is 9.47 Å². The summed E-state index contributed by atoms with van der Waals surface area (Å²) in [4.78, 5) is 6.64. The van der Waals surface area contributed by atoms with Crippen molar-refractivity contribution in [2.45, 2.75) is 37.8 Å². The highest BCUT2D eigenvalue weighted by molar-refractivity contribution is 5.13. The van der Waals surface area contributed by atoms with Gasteiger partial charge in [0.1, 0.15) is 0 Å². The predicted molar refractivity (Wildman–Crippen MR) is 82.3 cm³/mol. The number of ether oxygens (including phenoxy) is 2. The minimum atomic E-state index is 0.371. The van der Waals surface area contributed by atoms with Crippen molar-refractivity contribution in [3.63, 3.8) is 0 Å². The summed E-state index contributed by atoms with van der Waals surface area (Å²) >= 11 is 0. The van der Waals surface area contributed by atoms with E-state index in [1.54, 1.807) is 7.11 Å². The van der Waals surface area contributed by atoms with Gasteiger partial charge in [-0.25, -0.2) is 0 Å². The normalized spacial score (nSPS) is 26.3. The molecular formula is C17H26N2O2. The SMILES string of the molecule is COCCN1CC[C@H](OCC2CC2)[C@@H]1Cc1ccncc1. The molecule has 0 aromatic carbocycles. The zero-order chi connectivity index (χ0) is 14.5. The smallest absolute Gasteiger partial charge is 0.0745 e. The molecule has 1 saturated carbocycles. The molecule has 2 atom stereocenters. The van der Waals surface area contributed by atoms with E-state index < -0.39 is 0 Å². The fourth-order valence-electron chi connectivity index (χ4n) is 3.13. The maximum absolute atomic E-state index is 6.22. The van der Waals surface area contributed by atoms with Crippen LogP contribution >= 0.6 is 0 Å². The molecule has 2 heterocycles. The zero-order valence-electron chi connectivity index (χ0n) is 12.9. The first kappa shape index (κ1) is 14.9. The average molecular weight is 290 g/mol. The maximum Gasteiger partial charge on any atom is 0.0745 e. The van der Waals surface area contributed by atoms with Crippen LogP contribution in [-0.2, 0) is 15.9 Å². The van der Waals surface area contributed by atoms with Gasteiger partial charge in [0.2, 0.25) is 0 Å². The van der Waals surface area contributed by atoms with Gasteiger partial charge in [-0.05, 0) is 49.3 Å². The number of hydrogen-bond acceptors (Lipinski definition) is 4. The van der Waals surface area contributed by atoms with Crippen molar-refractivity contribution >= 4 is 0 Å². The van der Waals surface area contributed by atoms with Crippen LogP contribution in [0.4, 0.5) is 0 Å². The largest absolute Gasteiger partial charge is 0.383 e. The molecule has 1 aliphatic heterocycles. The van der Waals surface area contributed by atoms with Crippen molar-refractivity contribution in [2.75, 3.05) is 33.4 Å². The first-order chi connectivity index (χ1) is 10.4. The van der Waals surface area contributed by atoms with Gasteiger partial charge in [0.25, 0.3) is 0 Å². The Labute approximate surface area is 127 Å². The van der Waals surface area contributed by atoms with E-state index in [0.29, 0.717) is 12.1 Å². The Morgan fingerprint density at radius 3 is 2.76 bits per heavy atom. The van der Waals surface area contributed by atoms with E-state index >= 15 is 0 Å². The lowest BCUT2D eigenvalue weighted by Crippen LogP contribution is -2.40. The number of likely N-dealkylation sites (tertiary alicyclic amines) is 1. The van der Waals surface area contributed by atoms with Gasteiger partial charge in [-0.2, -0.15) is 0 Å². The second-order valence-corrected chi connectivity index (χ2v) is 6.26. The standard InChI is InChI=1S/C17H26N2O2/c1-20-11-10-19-9-6-17(21-13-15-2-3-15)16(19)12-14-4-7-18-8-5-14/h4-5,7-8,15-17H,2-3,6,9-13H2,1H3/t16-,17-/m0/s1. The van der Waals surface area contributed by atoms with E-state index in [0.717, 1.165) is 45.1 Å². The summed E-state index contributed by atoms with van der Waals surface area (Å²) in [6.07, 6.45) is 9.03. The molecule has 2 fully saturated rings. The number of rotatable bonds is 8. The van der Waals surface area contributed by atoms with Crippen LogP contribution in [0.3, 0.4) is 0 Å². The van der Waals surface area contributed by atoms with Gasteiger partial charge in [0.05, 0.1) is 12.7 Å². The molecule has 1 aliphatic carbocycles. The molecule has 4 nitrogen and oxygen atoms in total. The van der Waals surface area contributed by atoms with Crippen molar-refractivity contribution in [1.82, 2.24) is 9.88 Å². The van der Waals surface area contributed by atoms with Crippen molar-refractivity contribution in [1.29, 1.82) is 0 Å². The van der Waals surface area contributed by atoms with Crippen LogP contribution in [0.15, 0.2) is 24.5 Å². The minimum absolute atomic E-state index is 0.371. The van der Waals surface area contributed by atoms with Crippen molar-refractivity contribution in [2.24, 2.45) is 5.92 Å². The Hall–Kier alpha value is -0.970. The van der Waals surface area contributed by atoms with Crippen molar-refractivity contribution < 1.29 is 9.47 Å². The molecular weight excluding hydrogens is 264 g/mol. The minimum Gasteiger partial charge on any atom is -0.383 e. The van der Waals surface area contributed by atoms with E-state index in [9.17, 15) is 0 Å². The number of methoxy groups -OCH3 is 1. The third-order valence-electron chi connectivity index (χ3n) is 4.62. The molecule has 21 heavy (non-hydrogen) atoms. The van der Waals surface area contributed by atoms with Gasteiger partial charge in [0, 0.05) is 45.2 Å². The van der Waals surface area contributed by atoms with E-state index in [2.05, 4.69) is 22.0 Å². The molecule has 0 amide bonds. The third-order valence-corrected chi connectivity index (χ3v) is 4.62. The molecule has 2 aliphatic rings. The van der Waals surface area contributed by atoms with Gasteiger partial charge in [-0.15, -0.1) is 0 Å². The predicted octanol–water partition coefficient (Wildman–Crippen LogP) is 2.14. The Morgan fingerprint density at radius 1 is 1.24 bits per heavy atom. The molecule has 3 rings (SSSR count). The summed E-state index contributed by atoms with van der Waals surface area (Å²) in [6, 6.07) is 4.71. The first-order valence-corrected chi connectivity index (χ1v) is 8.10. The topological polar surface area (TPSA) is 34.6 Å². The van der Waals surface area contributed by atoms with Crippen LogP contribution < -0.4 is 0 Å². The quantitative estimate of drug-likeness (QED) is 0.735. The van der Waals surface area contributed by atoms with Gasteiger partial charge < -0.3 is 9.47 Å². The molecule has 0 spiro atoms. The Bertz CT molecular complexity index is 422. The highest BCUT2D eigenvalue weighted by Crippen LogP contribution is 2.31. The second kappa shape index (κ2) is 7.34. The number of aromatic nitrogens is 1. The van der Waals surface area contributed by atoms with Gasteiger partial charge in [-0.3, -0.25) is 9.88 Å². The molecule has 1 aromatic heterocycles. The number of pyridine rings is 1. The summed E-state index contributed by atoms with van der Waals surface area (Å²) in [5.74, 6) is 0.833. The van der Waals surface area contributed by atoms with Crippen LogP contribution in [0.2, 0.25) is 0 Å². The van der Waals surface area contributed by atoms with E-state index in [1.807, 2.05) is 12.4 Å². The summed E-state index contributed by atoms with van der Waals surface area (Å²) < 4.78 is 11.5. The number of hydrogen-bond donors (Lipinski definition) is 0. The van der Waals surface area contributed by atoms with Crippen molar-refractivity contribution in [3.8, 4) is 0 Å². The first-order valence-electron chi connectivity index (χ1n) is 8.10. The Balaban J connectivity index is 1.61. The van der Waals surface area contributed by atoms with Gasteiger partial charge in [0.15, 0.2) is 0 Å². The maximum atomic E-state index is 6.22. The summed E-state index contributed by atoms with van der Waals surface area (Å²) in [5.41, 5.74) is 1.35.